The minimum atomic E-state index is -1.33. The van der Waals surface area contributed by atoms with Crippen LogP contribution in [-0.2, 0) is 0 Å². The molecule has 0 amide bonds. The van der Waals surface area contributed by atoms with Gasteiger partial charge in [0.05, 0.1) is 5.56 Å². The molecule has 1 N–H and O–H groups in total. The molecule has 1 heterocycles. The summed E-state index contributed by atoms with van der Waals surface area (Å²) in [5.74, 6) is -3.20. The molecule has 17 heavy (non-hydrogen) atoms. The molecule has 88 valence electrons. The molecule has 0 unspecified atom stereocenters. The highest BCUT2D eigenvalue weighted by atomic mass is 19.1. The third-order valence-corrected chi connectivity index (χ3v) is 2.26. The number of aromatic nitrogens is 1. The molecule has 0 bridgehead atoms. The van der Waals surface area contributed by atoms with Gasteiger partial charge in [-0.1, -0.05) is 11.2 Å². The largest absolute Gasteiger partial charge is 0.476 e. The topological polar surface area (TPSA) is 63.3 Å². The molecule has 0 fully saturated rings. The lowest BCUT2D eigenvalue weighted by molar-refractivity contribution is 0.0686. The lowest BCUT2D eigenvalue weighted by Gasteiger charge is -2.02. The lowest BCUT2D eigenvalue weighted by atomic mass is 10.1. The Kier molecular flexibility index (Phi) is 2.63. The van der Waals surface area contributed by atoms with Gasteiger partial charge in [0, 0.05) is 6.07 Å². The minimum Gasteiger partial charge on any atom is -0.476 e. The third kappa shape index (κ3) is 1.89. The molecule has 0 saturated carbocycles. The maximum atomic E-state index is 13.7. The van der Waals surface area contributed by atoms with Gasteiger partial charge < -0.3 is 9.63 Å². The number of benzene rings is 1. The first-order chi connectivity index (χ1) is 8.00. The average Bonchev–Trinajstić information content (AvgIpc) is 2.73. The second-order valence-corrected chi connectivity index (χ2v) is 3.43. The van der Waals surface area contributed by atoms with E-state index < -0.39 is 28.9 Å². The van der Waals surface area contributed by atoms with Crippen LogP contribution in [0, 0.1) is 18.6 Å². The summed E-state index contributed by atoms with van der Waals surface area (Å²) in [6, 6.07) is 3.34. The van der Waals surface area contributed by atoms with Gasteiger partial charge >= 0.3 is 5.97 Å². The molecular formula is C11H7F2NO3. The van der Waals surface area contributed by atoms with Crippen molar-refractivity contribution in [1.82, 2.24) is 5.16 Å². The molecule has 1 aromatic heterocycles. The Bertz CT molecular complexity index is 592. The van der Waals surface area contributed by atoms with Crippen molar-refractivity contribution in [3.63, 3.8) is 0 Å². The molecule has 0 spiro atoms. The van der Waals surface area contributed by atoms with Gasteiger partial charge in [-0.05, 0) is 18.6 Å². The normalized spacial score (nSPS) is 10.5. The number of hydrogen-bond acceptors (Lipinski definition) is 3. The molecule has 0 aliphatic rings. The van der Waals surface area contributed by atoms with Crippen molar-refractivity contribution in [3.8, 4) is 11.3 Å². The van der Waals surface area contributed by atoms with Gasteiger partial charge in [0.2, 0.25) is 0 Å². The fraction of sp³-hybridized carbons (Fsp3) is 0.0909. The number of hydrogen-bond donors (Lipinski definition) is 1. The summed E-state index contributed by atoms with van der Waals surface area (Å²) in [5, 5.41) is 11.8. The highest BCUT2D eigenvalue weighted by Crippen LogP contribution is 2.28. The lowest BCUT2D eigenvalue weighted by Crippen LogP contribution is -1.95. The fourth-order valence-corrected chi connectivity index (χ4v) is 1.38. The van der Waals surface area contributed by atoms with E-state index >= 15 is 0 Å². The van der Waals surface area contributed by atoms with Crippen LogP contribution in [0.2, 0.25) is 0 Å². The molecule has 0 aliphatic heterocycles. The van der Waals surface area contributed by atoms with Crippen LogP contribution in [-0.4, -0.2) is 16.2 Å². The summed E-state index contributed by atoms with van der Waals surface area (Å²) in [6.45, 7) is 1.47. The van der Waals surface area contributed by atoms with E-state index in [1.807, 2.05) is 0 Å². The molecule has 0 atom stereocenters. The molecule has 6 heteroatoms. The van der Waals surface area contributed by atoms with Crippen molar-refractivity contribution >= 4 is 5.97 Å². The van der Waals surface area contributed by atoms with Crippen molar-refractivity contribution in [2.24, 2.45) is 0 Å². The van der Waals surface area contributed by atoms with Crippen LogP contribution in [0.4, 0.5) is 8.78 Å². The number of rotatable bonds is 2. The van der Waals surface area contributed by atoms with Gasteiger partial charge in [-0.2, -0.15) is 0 Å². The zero-order valence-corrected chi connectivity index (χ0v) is 8.70. The van der Waals surface area contributed by atoms with E-state index in [9.17, 15) is 13.6 Å². The first kappa shape index (κ1) is 11.3. The van der Waals surface area contributed by atoms with Crippen molar-refractivity contribution < 1.29 is 23.2 Å². The van der Waals surface area contributed by atoms with Crippen molar-refractivity contribution in [3.05, 3.63) is 41.1 Å². The summed E-state index contributed by atoms with van der Waals surface area (Å²) in [4.78, 5) is 10.6. The van der Waals surface area contributed by atoms with Gasteiger partial charge in [0.1, 0.15) is 11.6 Å². The molecule has 0 radical (unpaired) electrons. The number of nitrogens with zero attached hydrogens (tertiary/aromatic N) is 1. The molecule has 2 rings (SSSR count). The van der Waals surface area contributed by atoms with E-state index in [2.05, 4.69) is 9.68 Å². The van der Waals surface area contributed by atoms with E-state index in [1.54, 1.807) is 0 Å². The summed E-state index contributed by atoms with van der Waals surface area (Å²) in [7, 11) is 0. The molecule has 0 saturated heterocycles. The highest BCUT2D eigenvalue weighted by molar-refractivity contribution is 5.86. The summed E-state index contributed by atoms with van der Waals surface area (Å²) in [5.41, 5.74) is -0.583. The number of carboxylic acid groups (broad SMARTS) is 1. The second-order valence-electron chi connectivity index (χ2n) is 3.43. The van der Waals surface area contributed by atoms with Crippen LogP contribution in [0.5, 0.6) is 0 Å². The van der Waals surface area contributed by atoms with E-state index in [0.29, 0.717) is 0 Å². The summed E-state index contributed by atoms with van der Waals surface area (Å²) < 4.78 is 31.8. The van der Waals surface area contributed by atoms with Crippen LogP contribution in [0.1, 0.15) is 16.1 Å². The summed E-state index contributed by atoms with van der Waals surface area (Å²) >= 11 is 0. The Hall–Kier alpha value is -2.24. The van der Waals surface area contributed by atoms with Gasteiger partial charge in [0.25, 0.3) is 0 Å². The Morgan fingerprint density at radius 1 is 1.41 bits per heavy atom. The molecular weight excluding hydrogens is 232 g/mol. The zero-order chi connectivity index (χ0) is 12.6. The maximum absolute atomic E-state index is 13.7. The minimum absolute atomic E-state index is 0.231. The van der Waals surface area contributed by atoms with Crippen molar-refractivity contribution in [2.75, 3.05) is 0 Å². The van der Waals surface area contributed by atoms with E-state index in [4.69, 9.17) is 5.11 Å². The Labute approximate surface area is 94.5 Å². The Balaban J connectivity index is 2.60. The monoisotopic (exact) mass is 239 g/mol. The van der Waals surface area contributed by atoms with Crippen LogP contribution in [0.15, 0.2) is 22.7 Å². The molecule has 1 aromatic carbocycles. The quantitative estimate of drug-likeness (QED) is 0.874. The maximum Gasteiger partial charge on any atom is 0.358 e. The first-order valence-electron chi connectivity index (χ1n) is 4.65. The van der Waals surface area contributed by atoms with Gasteiger partial charge in [0.15, 0.2) is 11.5 Å². The predicted octanol–water partition coefficient (Wildman–Crippen LogP) is 2.63. The molecule has 0 aliphatic carbocycles. The summed E-state index contributed by atoms with van der Waals surface area (Å²) in [6.07, 6.45) is 0. The Morgan fingerprint density at radius 3 is 2.71 bits per heavy atom. The number of carboxylic acids is 1. The van der Waals surface area contributed by atoms with Gasteiger partial charge in [-0.15, -0.1) is 0 Å². The predicted molar refractivity (Wildman–Crippen MR) is 53.6 cm³/mol. The molecule has 2 aromatic rings. The number of aromatic carboxylic acids is 1. The zero-order valence-electron chi connectivity index (χ0n) is 8.70. The third-order valence-electron chi connectivity index (χ3n) is 2.26. The van der Waals surface area contributed by atoms with E-state index in [1.165, 1.54) is 13.0 Å². The molecule has 4 nitrogen and oxygen atoms in total. The Morgan fingerprint density at radius 2 is 2.12 bits per heavy atom. The van der Waals surface area contributed by atoms with Crippen LogP contribution < -0.4 is 0 Å². The van der Waals surface area contributed by atoms with Crippen LogP contribution in [0.25, 0.3) is 11.3 Å². The number of carbonyl (C=O) groups is 1. The first-order valence-corrected chi connectivity index (χ1v) is 4.65. The van der Waals surface area contributed by atoms with Crippen LogP contribution in [0.3, 0.4) is 0 Å². The fourth-order valence-electron chi connectivity index (χ4n) is 1.38. The smallest absolute Gasteiger partial charge is 0.358 e. The average molecular weight is 239 g/mol. The SMILES string of the molecule is Cc1ccc(F)c(-c2cc(C(=O)O)no2)c1F. The van der Waals surface area contributed by atoms with Gasteiger partial charge in [-0.3, -0.25) is 0 Å². The standard InChI is InChI=1S/C11H7F2NO3/c1-5-2-3-6(12)9(10(5)13)8-4-7(11(15)16)14-17-8/h2-4H,1H3,(H,15,16). The van der Waals surface area contributed by atoms with E-state index in [0.717, 1.165) is 12.1 Å². The number of halogens is 2. The van der Waals surface area contributed by atoms with E-state index in [-0.39, 0.29) is 11.3 Å². The highest BCUT2D eigenvalue weighted by Gasteiger charge is 2.19. The van der Waals surface area contributed by atoms with Crippen molar-refractivity contribution in [2.45, 2.75) is 6.92 Å². The second kappa shape index (κ2) is 3.97. The van der Waals surface area contributed by atoms with Gasteiger partial charge in [-0.25, -0.2) is 13.6 Å². The van der Waals surface area contributed by atoms with Crippen molar-refractivity contribution in [1.29, 1.82) is 0 Å². The number of aryl methyl sites for hydroxylation is 1. The van der Waals surface area contributed by atoms with Crippen LogP contribution >= 0.6 is 0 Å².